The average molecular weight is 565 g/mol. The van der Waals surface area contributed by atoms with E-state index in [2.05, 4.69) is 49.8 Å². The number of ether oxygens (including phenoxy) is 2. The van der Waals surface area contributed by atoms with Gasteiger partial charge in [0.2, 0.25) is 6.41 Å². The Morgan fingerprint density at radius 1 is 1.24 bits per heavy atom. The molecule has 2 aromatic heterocycles. The fourth-order valence-electron chi connectivity index (χ4n) is 5.18. The van der Waals surface area contributed by atoms with Crippen molar-refractivity contribution < 1.29 is 23.5 Å². The number of halogens is 1. The maximum Gasteiger partial charge on any atom is 0.317 e. The molecule has 3 N–H and O–H groups in total. The van der Waals surface area contributed by atoms with E-state index in [4.69, 9.17) is 9.47 Å². The highest BCUT2D eigenvalue weighted by Gasteiger charge is 2.25. The molecule has 0 bridgehead atoms. The summed E-state index contributed by atoms with van der Waals surface area (Å²) in [5, 5.41) is 14.3. The van der Waals surface area contributed by atoms with E-state index in [1.165, 1.54) is 17.9 Å². The van der Waals surface area contributed by atoms with Crippen molar-refractivity contribution in [2.24, 2.45) is 7.05 Å². The first-order valence-electron chi connectivity index (χ1n) is 13.3. The Hall–Kier alpha value is -4.36. The van der Waals surface area contributed by atoms with Gasteiger partial charge in [0.25, 0.3) is 5.91 Å². The van der Waals surface area contributed by atoms with Crippen LogP contribution in [0.15, 0.2) is 36.7 Å². The van der Waals surface area contributed by atoms with Crippen molar-refractivity contribution in [3.05, 3.63) is 48.0 Å². The Balaban J connectivity index is 1.50. The molecule has 1 aliphatic rings. The summed E-state index contributed by atoms with van der Waals surface area (Å²) in [5.74, 6) is -0.990. The Morgan fingerprint density at radius 2 is 2.02 bits per heavy atom. The number of fused-ring (bicyclic) bond motifs is 2. The van der Waals surface area contributed by atoms with Crippen molar-refractivity contribution in [2.45, 2.75) is 32.0 Å². The van der Waals surface area contributed by atoms with Crippen LogP contribution in [0.1, 0.15) is 24.2 Å². The normalized spacial score (nSPS) is 17.9. The van der Waals surface area contributed by atoms with Gasteiger partial charge in [0.15, 0.2) is 5.82 Å². The quantitative estimate of drug-likeness (QED) is 0.248. The molecule has 2 aromatic carbocycles. The first-order chi connectivity index (χ1) is 19.7. The van der Waals surface area contributed by atoms with Gasteiger partial charge in [-0.15, -0.1) is 0 Å². The molecule has 216 valence electrons. The Bertz CT molecular complexity index is 1570. The van der Waals surface area contributed by atoms with Gasteiger partial charge in [0, 0.05) is 80.4 Å². The second-order valence-electron chi connectivity index (χ2n) is 10.3. The zero-order valence-electron chi connectivity index (χ0n) is 23.3. The molecular weight excluding hydrogens is 531 g/mol. The molecule has 5 rings (SSSR count). The van der Waals surface area contributed by atoms with Gasteiger partial charge in [-0.2, -0.15) is 10.1 Å². The molecule has 0 radical (unpaired) electrons. The number of carbonyl (C=O) groups excluding carboxylic acids is 2. The molecule has 1 fully saturated rings. The van der Waals surface area contributed by atoms with Crippen molar-refractivity contribution >= 4 is 45.5 Å². The van der Waals surface area contributed by atoms with Crippen molar-refractivity contribution in [3.8, 4) is 6.01 Å². The SMILES string of the molecule is COC(CNC=O)COc1ncc2c(N3CC(C)NC(C)C3)ccc(C(=O)Nc3cc(F)c4nn(C)cc4c3)c2n1. The number of hydrogen-bond donors (Lipinski definition) is 3. The molecule has 13 heteroatoms. The van der Waals surface area contributed by atoms with Crippen LogP contribution >= 0.6 is 0 Å². The van der Waals surface area contributed by atoms with E-state index in [1.54, 1.807) is 31.6 Å². The highest BCUT2D eigenvalue weighted by Crippen LogP contribution is 2.31. The third-order valence-electron chi connectivity index (χ3n) is 6.94. The van der Waals surface area contributed by atoms with Crippen molar-refractivity contribution in [1.82, 2.24) is 30.4 Å². The van der Waals surface area contributed by atoms with E-state index in [9.17, 15) is 14.0 Å². The van der Waals surface area contributed by atoms with E-state index in [0.29, 0.717) is 28.4 Å². The lowest BCUT2D eigenvalue weighted by molar-refractivity contribution is -0.110. The number of aryl methyl sites for hydroxylation is 1. The van der Waals surface area contributed by atoms with E-state index >= 15 is 0 Å². The Labute approximate surface area is 236 Å². The van der Waals surface area contributed by atoms with E-state index in [1.807, 2.05) is 6.07 Å². The second kappa shape index (κ2) is 12.0. The van der Waals surface area contributed by atoms with E-state index in [0.717, 1.165) is 18.8 Å². The molecule has 41 heavy (non-hydrogen) atoms. The molecule has 1 aliphatic heterocycles. The zero-order valence-corrected chi connectivity index (χ0v) is 23.3. The van der Waals surface area contributed by atoms with Gasteiger partial charge >= 0.3 is 6.01 Å². The highest BCUT2D eigenvalue weighted by atomic mass is 19.1. The molecule has 1 saturated heterocycles. The number of aromatic nitrogens is 4. The molecular formula is C28H33FN8O4. The minimum Gasteiger partial charge on any atom is -0.461 e. The summed E-state index contributed by atoms with van der Waals surface area (Å²) in [7, 11) is 3.22. The van der Waals surface area contributed by atoms with Gasteiger partial charge < -0.3 is 30.3 Å². The number of carbonyl (C=O) groups is 2. The topological polar surface area (TPSA) is 136 Å². The third kappa shape index (κ3) is 6.20. The van der Waals surface area contributed by atoms with Crippen LogP contribution in [-0.4, -0.2) is 83.6 Å². The maximum absolute atomic E-state index is 14.7. The largest absolute Gasteiger partial charge is 0.461 e. The molecule has 4 aromatic rings. The number of anilines is 2. The summed E-state index contributed by atoms with van der Waals surface area (Å²) in [6.45, 7) is 6.13. The maximum atomic E-state index is 14.7. The minimum absolute atomic E-state index is 0.0572. The predicted molar refractivity (Wildman–Crippen MR) is 153 cm³/mol. The molecule has 12 nitrogen and oxygen atoms in total. The predicted octanol–water partition coefficient (Wildman–Crippen LogP) is 2.23. The van der Waals surface area contributed by atoms with Crippen LogP contribution in [0.4, 0.5) is 15.8 Å². The minimum atomic E-state index is -0.532. The van der Waals surface area contributed by atoms with Crippen LogP contribution in [0, 0.1) is 5.82 Å². The van der Waals surface area contributed by atoms with Crippen LogP contribution < -0.4 is 25.6 Å². The van der Waals surface area contributed by atoms with Crippen LogP contribution in [0.2, 0.25) is 0 Å². The van der Waals surface area contributed by atoms with Crippen LogP contribution in [0.3, 0.4) is 0 Å². The fraction of sp³-hybridized carbons (Fsp3) is 0.393. The molecule has 0 aliphatic carbocycles. The Morgan fingerprint density at radius 3 is 2.76 bits per heavy atom. The van der Waals surface area contributed by atoms with Gasteiger partial charge in [0.05, 0.1) is 11.1 Å². The lowest BCUT2D eigenvalue weighted by Gasteiger charge is -2.38. The summed E-state index contributed by atoms with van der Waals surface area (Å²) in [6.07, 6.45) is 3.49. The molecule has 2 amide bonds. The fourth-order valence-corrected chi connectivity index (χ4v) is 5.18. The first kappa shape index (κ1) is 28.2. The van der Waals surface area contributed by atoms with E-state index < -0.39 is 17.8 Å². The third-order valence-corrected chi connectivity index (χ3v) is 6.94. The van der Waals surface area contributed by atoms with E-state index in [-0.39, 0.29) is 42.3 Å². The molecule has 3 heterocycles. The van der Waals surface area contributed by atoms with Gasteiger partial charge in [-0.25, -0.2) is 9.37 Å². The first-order valence-corrected chi connectivity index (χ1v) is 13.3. The number of rotatable bonds is 10. The van der Waals surface area contributed by atoms with Crippen LogP contribution in [0.25, 0.3) is 21.8 Å². The lowest BCUT2D eigenvalue weighted by atomic mass is 10.0. The highest BCUT2D eigenvalue weighted by molar-refractivity contribution is 6.14. The number of piperazine rings is 1. The number of nitrogens with one attached hydrogen (secondary N) is 3. The number of nitrogens with zero attached hydrogens (tertiary/aromatic N) is 5. The van der Waals surface area contributed by atoms with Crippen molar-refractivity contribution in [2.75, 3.05) is 43.6 Å². The monoisotopic (exact) mass is 564 g/mol. The summed E-state index contributed by atoms with van der Waals surface area (Å²) in [4.78, 5) is 35.5. The van der Waals surface area contributed by atoms with Gasteiger partial charge in [-0.05, 0) is 38.1 Å². The zero-order chi connectivity index (χ0) is 29.1. The molecule has 0 saturated carbocycles. The summed E-state index contributed by atoms with van der Waals surface area (Å²) in [5.41, 5.74) is 2.10. The average Bonchev–Trinajstić information content (AvgIpc) is 3.32. The van der Waals surface area contributed by atoms with Gasteiger partial charge in [0.1, 0.15) is 18.2 Å². The lowest BCUT2D eigenvalue weighted by Crippen LogP contribution is -2.54. The number of methoxy groups -OCH3 is 1. The van der Waals surface area contributed by atoms with Gasteiger partial charge in [-0.1, -0.05) is 0 Å². The molecule has 0 spiro atoms. The summed E-state index contributed by atoms with van der Waals surface area (Å²) < 4.78 is 27.3. The molecule has 3 unspecified atom stereocenters. The van der Waals surface area contributed by atoms with Crippen molar-refractivity contribution in [3.63, 3.8) is 0 Å². The van der Waals surface area contributed by atoms with Crippen LogP contribution in [-0.2, 0) is 16.6 Å². The smallest absolute Gasteiger partial charge is 0.317 e. The number of benzene rings is 2. The summed E-state index contributed by atoms with van der Waals surface area (Å²) in [6, 6.07) is 7.11. The van der Waals surface area contributed by atoms with Crippen molar-refractivity contribution in [1.29, 1.82) is 0 Å². The van der Waals surface area contributed by atoms with Crippen LogP contribution in [0.5, 0.6) is 6.01 Å². The molecule has 3 atom stereocenters. The summed E-state index contributed by atoms with van der Waals surface area (Å²) >= 11 is 0. The number of hydrogen-bond acceptors (Lipinski definition) is 9. The standard InChI is InChI=1S/C28H33FN8O4/c1-16-11-37(12-17(2)32-16)24-6-5-21(27(39)33-19-7-18-13-36(3)35-25(18)23(29)8-19)26-22(24)10-31-28(34-26)41-14-20(40-4)9-30-15-38/h5-8,10,13,15-17,20,32H,9,11-12,14H2,1-4H3,(H,30,38)(H,33,39). The van der Waals surface area contributed by atoms with Gasteiger partial charge in [-0.3, -0.25) is 14.3 Å². The number of amides is 2. The Kier molecular flexibility index (Phi) is 8.26. The second-order valence-corrected chi connectivity index (χ2v) is 10.3.